The van der Waals surface area contributed by atoms with E-state index in [1.54, 1.807) is 34.7 Å². The Balaban J connectivity index is 1.66. The fourth-order valence-corrected chi connectivity index (χ4v) is 9.48. The van der Waals surface area contributed by atoms with E-state index in [2.05, 4.69) is 20.1 Å². The normalized spacial score (nSPS) is 27.5. The van der Waals surface area contributed by atoms with Crippen LogP contribution in [0.3, 0.4) is 0 Å². The number of nitrogens with zero attached hydrogens (tertiary/aromatic N) is 2. The lowest BCUT2D eigenvalue weighted by Gasteiger charge is -2.40. The SMILES string of the molecule is C=CCCCCOC(=O)[C@@H]1[C@@H]2CC(C)C3(S2)C(C(=O)N(CC=C)c2ccc(OC)cc2)N(CCCCCCO)C(=O)[C@H]13. The van der Waals surface area contributed by atoms with Crippen LogP contribution in [-0.2, 0) is 19.1 Å². The minimum Gasteiger partial charge on any atom is -0.497 e. The number of esters is 1. The molecule has 2 bridgehead atoms. The van der Waals surface area contributed by atoms with E-state index in [1.165, 1.54) is 0 Å². The molecule has 0 aliphatic carbocycles. The van der Waals surface area contributed by atoms with Crippen LogP contribution in [0.2, 0.25) is 0 Å². The van der Waals surface area contributed by atoms with Crippen molar-refractivity contribution in [3.05, 3.63) is 49.6 Å². The summed E-state index contributed by atoms with van der Waals surface area (Å²) in [4.78, 5) is 46.0. The number of likely N-dealkylation sites (tertiary alicyclic amines) is 1. The first kappa shape index (κ1) is 32.1. The molecule has 1 aromatic rings. The highest BCUT2D eigenvalue weighted by atomic mass is 32.2. The lowest BCUT2D eigenvalue weighted by molar-refractivity contribution is -0.154. The number of aliphatic hydroxyl groups excluding tert-OH is 1. The van der Waals surface area contributed by atoms with Crippen LogP contribution in [0.15, 0.2) is 49.6 Å². The summed E-state index contributed by atoms with van der Waals surface area (Å²) in [7, 11) is 1.60. The molecule has 9 heteroatoms. The number of carbonyl (C=O) groups excluding carboxylic acids is 3. The van der Waals surface area contributed by atoms with Crippen LogP contribution in [0.5, 0.6) is 5.75 Å². The Morgan fingerprint density at radius 2 is 1.86 bits per heavy atom. The van der Waals surface area contributed by atoms with Crippen LogP contribution in [0.25, 0.3) is 0 Å². The van der Waals surface area contributed by atoms with Gasteiger partial charge in [-0.2, -0.15) is 0 Å². The number of rotatable bonds is 17. The van der Waals surface area contributed by atoms with Gasteiger partial charge in [-0.15, -0.1) is 24.9 Å². The molecule has 230 valence electrons. The number of anilines is 1. The smallest absolute Gasteiger partial charge is 0.310 e. The molecule has 3 aliphatic heterocycles. The maximum Gasteiger partial charge on any atom is 0.310 e. The molecular formula is C33H46N2O6S. The number of unbranched alkanes of at least 4 members (excludes halogenated alkanes) is 5. The lowest BCUT2D eigenvalue weighted by Crippen LogP contribution is -2.57. The molecule has 8 nitrogen and oxygen atoms in total. The lowest BCUT2D eigenvalue weighted by atomic mass is 9.66. The van der Waals surface area contributed by atoms with Crippen molar-refractivity contribution >= 4 is 35.2 Å². The van der Waals surface area contributed by atoms with E-state index in [4.69, 9.17) is 9.47 Å². The van der Waals surface area contributed by atoms with Gasteiger partial charge in [0, 0.05) is 30.6 Å². The van der Waals surface area contributed by atoms with E-state index in [-0.39, 0.29) is 35.6 Å². The average Bonchev–Trinajstić information content (AvgIpc) is 3.59. The van der Waals surface area contributed by atoms with Crippen LogP contribution in [-0.4, -0.2) is 77.2 Å². The number of benzene rings is 1. The van der Waals surface area contributed by atoms with Crippen LogP contribution >= 0.6 is 11.8 Å². The molecule has 0 saturated carbocycles. The van der Waals surface area contributed by atoms with Crippen molar-refractivity contribution in [2.45, 2.75) is 74.3 Å². The molecule has 4 rings (SSSR count). The second kappa shape index (κ2) is 14.6. The maximum atomic E-state index is 14.7. The number of allylic oxidation sites excluding steroid dienone is 1. The molecule has 3 fully saturated rings. The first-order valence-corrected chi connectivity index (χ1v) is 16.2. The molecular weight excluding hydrogens is 552 g/mol. The third-order valence-electron chi connectivity index (χ3n) is 9.07. The van der Waals surface area contributed by atoms with Gasteiger partial charge in [0.25, 0.3) is 5.91 Å². The summed E-state index contributed by atoms with van der Waals surface area (Å²) < 4.78 is 10.4. The van der Waals surface area contributed by atoms with E-state index < -0.39 is 22.6 Å². The molecule has 6 atom stereocenters. The van der Waals surface area contributed by atoms with E-state index in [9.17, 15) is 19.5 Å². The van der Waals surface area contributed by atoms with Gasteiger partial charge in [0.2, 0.25) is 5.91 Å². The summed E-state index contributed by atoms with van der Waals surface area (Å²) >= 11 is 1.67. The first-order chi connectivity index (χ1) is 20.3. The zero-order valence-corrected chi connectivity index (χ0v) is 25.9. The van der Waals surface area contributed by atoms with Gasteiger partial charge < -0.3 is 24.4 Å². The fourth-order valence-electron chi connectivity index (χ4n) is 7.08. The molecule has 3 heterocycles. The zero-order chi connectivity index (χ0) is 30.3. The van der Waals surface area contributed by atoms with Gasteiger partial charge in [-0.3, -0.25) is 14.4 Å². The molecule has 1 aromatic carbocycles. The topological polar surface area (TPSA) is 96.4 Å². The number of aliphatic hydroxyl groups is 1. The summed E-state index contributed by atoms with van der Waals surface area (Å²) in [5, 5.41) is 9.15. The van der Waals surface area contributed by atoms with Crippen LogP contribution in [0, 0.1) is 17.8 Å². The van der Waals surface area contributed by atoms with Gasteiger partial charge in [-0.1, -0.05) is 31.9 Å². The number of hydrogen-bond acceptors (Lipinski definition) is 7. The van der Waals surface area contributed by atoms with Gasteiger partial charge in [0.1, 0.15) is 11.8 Å². The van der Waals surface area contributed by atoms with Crippen molar-refractivity contribution in [1.82, 2.24) is 4.90 Å². The zero-order valence-electron chi connectivity index (χ0n) is 25.0. The number of methoxy groups -OCH3 is 1. The van der Waals surface area contributed by atoms with Gasteiger partial charge >= 0.3 is 5.97 Å². The summed E-state index contributed by atoms with van der Waals surface area (Å²) in [6.07, 6.45) is 9.97. The molecule has 1 spiro atoms. The summed E-state index contributed by atoms with van der Waals surface area (Å²) in [5.41, 5.74) is 0.705. The van der Waals surface area contributed by atoms with E-state index >= 15 is 0 Å². The number of carbonyl (C=O) groups is 3. The van der Waals surface area contributed by atoms with Crippen molar-refractivity contribution in [1.29, 1.82) is 0 Å². The molecule has 3 saturated heterocycles. The Bertz CT molecular complexity index is 1130. The third kappa shape index (κ3) is 6.13. The molecule has 0 radical (unpaired) electrons. The number of thioether (sulfide) groups is 1. The van der Waals surface area contributed by atoms with Crippen molar-refractivity contribution < 1.29 is 29.0 Å². The average molecular weight is 599 g/mol. The number of hydrogen-bond donors (Lipinski definition) is 1. The Labute approximate surface area is 254 Å². The Hall–Kier alpha value is -2.78. The molecule has 3 aliphatic rings. The highest BCUT2D eigenvalue weighted by Gasteiger charge is 2.76. The number of amides is 2. The maximum absolute atomic E-state index is 14.7. The summed E-state index contributed by atoms with van der Waals surface area (Å²) in [6.45, 7) is 11.0. The van der Waals surface area contributed by atoms with Gasteiger partial charge in [0.05, 0.1) is 30.3 Å². The highest BCUT2D eigenvalue weighted by Crippen LogP contribution is 2.68. The first-order valence-electron chi connectivity index (χ1n) is 15.3. The van der Waals surface area contributed by atoms with Crippen molar-refractivity contribution in [2.24, 2.45) is 17.8 Å². The Morgan fingerprint density at radius 1 is 1.12 bits per heavy atom. The third-order valence-corrected chi connectivity index (χ3v) is 11.1. The highest BCUT2D eigenvalue weighted by molar-refractivity contribution is 8.02. The van der Waals surface area contributed by atoms with E-state index in [0.29, 0.717) is 37.6 Å². The second-order valence-electron chi connectivity index (χ2n) is 11.6. The van der Waals surface area contributed by atoms with Crippen molar-refractivity contribution in [3.63, 3.8) is 0 Å². The minimum absolute atomic E-state index is 0.0505. The monoisotopic (exact) mass is 598 g/mol. The number of fused-ring (bicyclic) bond motifs is 1. The fraction of sp³-hybridized carbons (Fsp3) is 0.606. The van der Waals surface area contributed by atoms with Crippen LogP contribution in [0.1, 0.15) is 58.3 Å². The van der Waals surface area contributed by atoms with Gasteiger partial charge in [0.15, 0.2) is 0 Å². The van der Waals surface area contributed by atoms with Crippen LogP contribution in [0.4, 0.5) is 5.69 Å². The minimum atomic E-state index is -0.706. The van der Waals surface area contributed by atoms with Crippen LogP contribution < -0.4 is 9.64 Å². The Kier molecular flexibility index (Phi) is 11.2. The summed E-state index contributed by atoms with van der Waals surface area (Å²) in [6, 6.07) is 6.63. The largest absolute Gasteiger partial charge is 0.497 e. The Morgan fingerprint density at radius 3 is 2.52 bits per heavy atom. The predicted molar refractivity (Wildman–Crippen MR) is 166 cm³/mol. The van der Waals surface area contributed by atoms with Gasteiger partial charge in [-0.25, -0.2) is 0 Å². The van der Waals surface area contributed by atoms with Crippen molar-refractivity contribution in [2.75, 3.05) is 38.3 Å². The van der Waals surface area contributed by atoms with Crippen molar-refractivity contribution in [3.8, 4) is 5.75 Å². The van der Waals surface area contributed by atoms with Gasteiger partial charge in [-0.05, 0) is 68.7 Å². The molecule has 1 N–H and O–H groups in total. The molecule has 42 heavy (non-hydrogen) atoms. The predicted octanol–water partition coefficient (Wildman–Crippen LogP) is 5.00. The summed E-state index contributed by atoms with van der Waals surface area (Å²) in [5.74, 6) is -0.955. The number of ether oxygens (including phenoxy) is 2. The standard InChI is InChI=1S/C33H46N2O6S/c1-5-7-8-13-21-41-32(39)27-26-22-23(3)33(42-26)28(27)30(37)35(19-11-9-10-12-20-36)29(33)31(38)34(18-6-2)24-14-16-25(40-4)17-15-24/h5-6,14-17,23,26-29,36H,1-2,7-13,18-22H2,3-4H3/t23?,26-,27+,28-,29?,33?/m0/s1. The van der Waals surface area contributed by atoms with E-state index in [1.807, 2.05) is 30.3 Å². The van der Waals surface area contributed by atoms with E-state index in [0.717, 1.165) is 44.9 Å². The quantitative estimate of drug-likeness (QED) is 0.153. The molecule has 0 aromatic heterocycles. The molecule has 2 amide bonds. The second-order valence-corrected chi connectivity index (χ2v) is 13.2. The molecule has 3 unspecified atom stereocenters.